The summed E-state index contributed by atoms with van der Waals surface area (Å²) in [6.07, 6.45) is -7.84. The second-order valence-electron chi connectivity index (χ2n) is 9.92. The Labute approximate surface area is 243 Å². The highest BCUT2D eigenvalue weighted by Crippen LogP contribution is 2.53. The zero-order chi connectivity index (χ0) is 31.0. The molecule has 3 aliphatic rings. The van der Waals surface area contributed by atoms with Crippen molar-refractivity contribution in [1.82, 2.24) is 39.0 Å². The third kappa shape index (κ3) is 5.04. The molecule has 0 amide bonds. The van der Waals surface area contributed by atoms with Crippen LogP contribution in [-0.4, -0.2) is 109 Å². The molecule has 7 rings (SSSR count). The van der Waals surface area contributed by atoms with Crippen LogP contribution in [0.15, 0.2) is 30.1 Å². The number of nitrogens with one attached hydrogen (secondary N) is 1. The number of nitrogen functional groups attached to an aromatic ring is 1. The van der Waals surface area contributed by atoms with Crippen molar-refractivity contribution in [2.24, 2.45) is 0 Å². The van der Waals surface area contributed by atoms with Crippen molar-refractivity contribution in [2.75, 3.05) is 18.9 Å². The smallest absolute Gasteiger partial charge is 0.387 e. The predicted molar refractivity (Wildman–Crippen MR) is 139 cm³/mol. The Kier molecular flexibility index (Phi) is 7.16. The van der Waals surface area contributed by atoms with Crippen LogP contribution < -0.4 is 11.3 Å². The van der Waals surface area contributed by atoms with Crippen molar-refractivity contribution in [3.8, 4) is 0 Å². The van der Waals surface area contributed by atoms with Gasteiger partial charge in [-0.15, -0.1) is 0 Å². The number of phosphoric acid groups is 2. The zero-order valence-corrected chi connectivity index (χ0v) is 23.7. The molecule has 44 heavy (non-hydrogen) atoms. The first kappa shape index (κ1) is 29.5. The molecule has 0 spiro atoms. The van der Waals surface area contributed by atoms with Gasteiger partial charge in [-0.25, -0.2) is 34.0 Å². The fraction of sp³-hybridized carbons (Fsp3) is 0.500. The number of aromatic nitrogens is 8. The van der Waals surface area contributed by atoms with Crippen molar-refractivity contribution in [3.63, 3.8) is 0 Å². The molecule has 0 saturated carbocycles. The molecular formula is C20H23N9O13P2. The largest absolute Gasteiger partial charge is 0.472 e. The van der Waals surface area contributed by atoms with Crippen LogP contribution in [0.2, 0.25) is 0 Å². The van der Waals surface area contributed by atoms with E-state index in [4.69, 9.17) is 33.3 Å². The van der Waals surface area contributed by atoms with Crippen LogP contribution in [0.1, 0.15) is 12.5 Å². The van der Waals surface area contributed by atoms with E-state index in [1.54, 1.807) is 0 Å². The van der Waals surface area contributed by atoms with Gasteiger partial charge in [-0.1, -0.05) is 0 Å². The summed E-state index contributed by atoms with van der Waals surface area (Å²) in [6, 6.07) is 0. The standard InChI is InChI=1S/C20H23N9O13P2/c21-15-9-16(23-3-22-15)28(5-26-9)19-12(31)13-8(40-19)2-38-44(35,36)42-14-11(30)7(1-37-43(33,34)41-13)39-20(14)29-6-27-10-17(29)24-4-25-18(10)32/h3-8,11-14,19-20,30-31H,1-2H2,(H,33,34)(H,35,36)(H2,21,22,23)(H,24,25,32)/t7?,8?,11-,12-,13-,14-,19?,20?/m1/s1. The average molecular weight is 659 g/mol. The Morgan fingerprint density at radius 3 is 2.18 bits per heavy atom. The predicted octanol–water partition coefficient (Wildman–Crippen LogP) is -1.92. The van der Waals surface area contributed by atoms with E-state index >= 15 is 0 Å². The van der Waals surface area contributed by atoms with Crippen LogP contribution in [0.25, 0.3) is 22.3 Å². The van der Waals surface area contributed by atoms with E-state index in [2.05, 4.69) is 29.9 Å². The first-order chi connectivity index (χ1) is 20.9. The lowest BCUT2D eigenvalue weighted by molar-refractivity contribution is -0.0672. The van der Waals surface area contributed by atoms with Crippen molar-refractivity contribution < 1.29 is 56.7 Å². The van der Waals surface area contributed by atoms with Gasteiger partial charge in [0.25, 0.3) is 5.56 Å². The minimum absolute atomic E-state index is 0.0200. The molecule has 4 aromatic rings. The molecule has 10 atom stereocenters. The number of H-pyrrole nitrogens is 1. The Morgan fingerprint density at radius 1 is 0.818 bits per heavy atom. The number of aliphatic hydroxyl groups excluding tert-OH is 2. The summed E-state index contributed by atoms with van der Waals surface area (Å²) in [5.74, 6) is 0.0404. The summed E-state index contributed by atoms with van der Waals surface area (Å²) in [4.78, 5) is 55.7. The maximum Gasteiger partial charge on any atom is 0.472 e. The lowest BCUT2D eigenvalue weighted by atomic mass is 10.1. The molecule has 2 bridgehead atoms. The van der Waals surface area contributed by atoms with Gasteiger partial charge in [0.1, 0.15) is 48.5 Å². The van der Waals surface area contributed by atoms with Crippen LogP contribution in [0.5, 0.6) is 0 Å². The van der Waals surface area contributed by atoms with Gasteiger partial charge in [-0.3, -0.25) is 32.0 Å². The molecule has 0 radical (unpaired) electrons. The monoisotopic (exact) mass is 659 g/mol. The summed E-state index contributed by atoms with van der Waals surface area (Å²) in [7, 11) is -10.1. The Morgan fingerprint density at radius 2 is 1.43 bits per heavy atom. The van der Waals surface area contributed by atoms with Crippen LogP contribution in [0.4, 0.5) is 5.82 Å². The van der Waals surface area contributed by atoms with E-state index in [0.29, 0.717) is 0 Å². The van der Waals surface area contributed by atoms with Gasteiger partial charge in [0.15, 0.2) is 35.1 Å². The summed E-state index contributed by atoms with van der Waals surface area (Å²) < 4.78 is 61.1. The molecule has 236 valence electrons. The quantitative estimate of drug-likeness (QED) is 0.128. The highest BCUT2D eigenvalue weighted by atomic mass is 31.2. The maximum absolute atomic E-state index is 13.2. The van der Waals surface area contributed by atoms with Crippen molar-refractivity contribution >= 4 is 43.8 Å². The number of aromatic amines is 1. The molecular weight excluding hydrogens is 636 g/mol. The molecule has 7 N–H and O–H groups in total. The molecule has 6 unspecified atom stereocenters. The van der Waals surface area contributed by atoms with Gasteiger partial charge < -0.3 is 40.2 Å². The van der Waals surface area contributed by atoms with E-state index in [9.17, 15) is 33.9 Å². The van der Waals surface area contributed by atoms with Gasteiger partial charge in [-0.05, 0) is 0 Å². The Balaban J connectivity index is 1.20. The zero-order valence-electron chi connectivity index (χ0n) is 21.9. The number of rotatable bonds is 2. The van der Waals surface area contributed by atoms with E-state index in [0.717, 1.165) is 19.0 Å². The van der Waals surface area contributed by atoms with Crippen LogP contribution in [-0.2, 0) is 36.7 Å². The third-order valence-corrected chi connectivity index (χ3v) is 9.21. The fourth-order valence-electron chi connectivity index (χ4n) is 5.22. The number of ether oxygens (including phenoxy) is 2. The van der Waals surface area contributed by atoms with E-state index in [-0.39, 0.29) is 28.1 Å². The number of hydrogen-bond acceptors (Lipinski definition) is 17. The molecule has 22 nitrogen and oxygen atoms in total. The van der Waals surface area contributed by atoms with Crippen molar-refractivity contribution in [2.45, 2.75) is 49.1 Å². The summed E-state index contributed by atoms with van der Waals surface area (Å²) in [6.45, 7) is -1.61. The lowest BCUT2D eigenvalue weighted by Gasteiger charge is -2.25. The third-order valence-electron chi connectivity index (χ3n) is 7.24. The van der Waals surface area contributed by atoms with E-state index in [1.165, 1.54) is 15.5 Å². The van der Waals surface area contributed by atoms with Crippen LogP contribution >= 0.6 is 15.6 Å². The van der Waals surface area contributed by atoms with Crippen molar-refractivity contribution in [1.29, 1.82) is 0 Å². The van der Waals surface area contributed by atoms with Crippen LogP contribution in [0, 0.1) is 0 Å². The first-order valence-corrected chi connectivity index (χ1v) is 15.7. The molecule has 3 aliphatic heterocycles. The molecule has 4 aromatic heterocycles. The number of nitrogens with two attached hydrogens (primary N) is 1. The van der Waals surface area contributed by atoms with Gasteiger partial charge >= 0.3 is 15.6 Å². The van der Waals surface area contributed by atoms with E-state index in [1.807, 2.05) is 0 Å². The number of aliphatic hydroxyl groups is 2. The molecule has 0 aliphatic carbocycles. The Hall–Kier alpha value is -3.24. The normalized spacial score (nSPS) is 38.3. The minimum atomic E-state index is -5.08. The summed E-state index contributed by atoms with van der Waals surface area (Å²) in [5.41, 5.74) is 5.44. The topological polar surface area (TPSA) is 304 Å². The minimum Gasteiger partial charge on any atom is -0.387 e. The number of fused-ring (bicyclic) bond motifs is 5. The highest BCUT2D eigenvalue weighted by Gasteiger charge is 2.54. The van der Waals surface area contributed by atoms with Gasteiger partial charge in [0.2, 0.25) is 0 Å². The molecule has 24 heteroatoms. The lowest BCUT2D eigenvalue weighted by Crippen LogP contribution is -2.36. The first-order valence-electron chi connectivity index (χ1n) is 12.7. The Bertz CT molecular complexity index is 1880. The SMILES string of the molecule is Nc1ncnc2c1ncn2C1OC2COP(=O)(O)O[C@H]3C(n4cnc5c(=O)[nH]cnc54)OC(COP(=O)(O)O[C@H]2[C@H]1O)[C@H]3O. The van der Waals surface area contributed by atoms with Gasteiger partial charge in [0, 0.05) is 0 Å². The van der Waals surface area contributed by atoms with Crippen molar-refractivity contribution in [3.05, 3.63) is 35.7 Å². The number of anilines is 1. The highest BCUT2D eigenvalue weighted by molar-refractivity contribution is 7.47. The second kappa shape index (κ2) is 10.7. The second-order valence-corrected chi connectivity index (χ2v) is 12.7. The molecule has 3 saturated heterocycles. The molecule has 3 fully saturated rings. The average Bonchev–Trinajstić information content (AvgIpc) is 3.73. The number of nitrogens with zero attached hydrogens (tertiary/aromatic N) is 7. The van der Waals surface area contributed by atoms with Gasteiger partial charge in [-0.2, -0.15) is 0 Å². The fourth-order valence-corrected chi connectivity index (χ4v) is 7.11. The van der Waals surface area contributed by atoms with E-state index < -0.39 is 83.5 Å². The van der Waals surface area contributed by atoms with Crippen LogP contribution in [0.3, 0.4) is 0 Å². The summed E-state index contributed by atoms with van der Waals surface area (Å²) >= 11 is 0. The maximum atomic E-state index is 13.2. The number of phosphoric ester groups is 2. The number of hydrogen-bond donors (Lipinski definition) is 6. The number of imidazole rings is 2. The molecule has 0 aromatic carbocycles. The molecule has 7 heterocycles. The summed E-state index contributed by atoms with van der Waals surface area (Å²) in [5, 5.41) is 22.1. The van der Waals surface area contributed by atoms with Gasteiger partial charge in [0.05, 0.1) is 32.2 Å².